The molecule has 2 aromatic rings. The lowest BCUT2D eigenvalue weighted by atomic mass is 9.68. The number of amides is 1. The van der Waals surface area contributed by atoms with E-state index < -0.39 is 0 Å². The largest absolute Gasteiger partial charge is 0.338 e. The Balaban J connectivity index is 1.42. The average molecular weight is 344 g/mol. The summed E-state index contributed by atoms with van der Waals surface area (Å²) in [4.78, 5) is 20.0. The van der Waals surface area contributed by atoms with Crippen LogP contribution in [-0.4, -0.2) is 38.7 Å². The van der Waals surface area contributed by atoms with Gasteiger partial charge >= 0.3 is 0 Å². The van der Waals surface area contributed by atoms with Gasteiger partial charge in [0.15, 0.2) is 0 Å². The highest BCUT2D eigenvalue weighted by atomic mass is 32.1. The van der Waals surface area contributed by atoms with Crippen molar-refractivity contribution in [1.29, 1.82) is 0 Å². The van der Waals surface area contributed by atoms with E-state index in [4.69, 9.17) is 0 Å². The van der Waals surface area contributed by atoms with Gasteiger partial charge in [0, 0.05) is 31.9 Å². The van der Waals surface area contributed by atoms with Gasteiger partial charge in [-0.3, -0.25) is 9.48 Å². The highest BCUT2D eigenvalue weighted by Gasteiger charge is 2.37. The monoisotopic (exact) mass is 344 g/mol. The van der Waals surface area contributed by atoms with Gasteiger partial charge < -0.3 is 4.90 Å². The lowest BCUT2D eigenvalue weighted by molar-refractivity contribution is 0.0476. The lowest BCUT2D eigenvalue weighted by Gasteiger charge is -2.44. The minimum Gasteiger partial charge on any atom is -0.338 e. The maximum absolute atomic E-state index is 12.8. The third-order valence-electron chi connectivity index (χ3n) is 5.69. The molecule has 128 valence electrons. The molecule has 0 radical (unpaired) electrons. The van der Waals surface area contributed by atoms with Crippen LogP contribution in [0.2, 0.25) is 0 Å². The molecule has 0 N–H and O–H groups in total. The molecular formula is C18H24N4OS. The first kappa shape index (κ1) is 15.8. The number of carbonyl (C=O) groups excluding carboxylic acids is 1. The number of aryl methyl sites for hydroxylation is 1. The zero-order valence-corrected chi connectivity index (χ0v) is 15.0. The van der Waals surface area contributed by atoms with Gasteiger partial charge in [-0.2, -0.15) is 5.10 Å². The molecule has 0 unspecified atom stereocenters. The number of hydrogen-bond acceptors (Lipinski definition) is 4. The van der Waals surface area contributed by atoms with Crippen LogP contribution >= 0.6 is 11.3 Å². The van der Waals surface area contributed by atoms with Gasteiger partial charge in [0.05, 0.1) is 12.4 Å². The molecule has 0 bridgehead atoms. The first-order valence-corrected chi connectivity index (χ1v) is 9.71. The van der Waals surface area contributed by atoms with Crippen LogP contribution in [0.3, 0.4) is 0 Å². The molecule has 0 atom stereocenters. The maximum Gasteiger partial charge on any atom is 0.265 e. The van der Waals surface area contributed by atoms with Crippen LogP contribution in [0.15, 0.2) is 18.6 Å². The van der Waals surface area contributed by atoms with E-state index in [-0.39, 0.29) is 5.91 Å². The summed E-state index contributed by atoms with van der Waals surface area (Å²) in [5.74, 6) is 0.147. The molecule has 2 aromatic heterocycles. The summed E-state index contributed by atoms with van der Waals surface area (Å²) in [6.45, 7) is 1.80. The minimum absolute atomic E-state index is 0.147. The Morgan fingerprint density at radius 3 is 2.54 bits per heavy atom. The van der Waals surface area contributed by atoms with Gasteiger partial charge in [0.1, 0.15) is 9.88 Å². The van der Waals surface area contributed by atoms with Gasteiger partial charge in [-0.25, -0.2) is 4.98 Å². The maximum atomic E-state index is 12.8. The fraction of sp³-hybridized carbons (Fsp3) is 0.611. The Labute approximate surface area is 146 Å². The topological polar surface area (TPSA) is 51.0 Å². The molecule has 1 saturated carbocycles. The predicted octanol–water partition coefficient (Wildman–Crippen LogP) is 3.73. The zero-order chi connectivity index (χ0) is 16.6. The fourth-order valence-electron chi connectivity index (χ4n) is 4.18. The lowest BCUT2D eigenvalue weighted by Crippen LogP contribution is -2.43. The summed E-state index contributed by atoms with van der Waals surface area (Å²) in [5.41, 5.74) is 1.50. The molecule has 6 heteroatoms. The van der Waals surface area contributed by atoms with Gasteiger partial charge in [-0.05, 0) is 31.1 Å². The number of nitrogens with zero attached hydrogens (tertiary/aromatic N) is 4. The Bertz CT molecular complexity index is 719. The van der Waals surface area contributed by atoms with Gasteiger partial charge in [0.2, 0.25) is 0 Å². The third-order valence-corrected chi connectivity index (χ3v) is 6.73. The van der Waals surface area contributed by atoms with Gasteiger partial charge in [0.25, 0.3) is 5.91 Å². The van der Waals surface area contributed by atoms with E-state index in [0.29, 0.717) is 5.41 Å². The second-order valence-electron chi connectivity index (χ2n) is 7.29. The first-order chi connectivity index (χ1) is 11.7. The van der Waals surface area contributed by atoms with E-state index in [9.17, 15) is 4.79 Å². The summed E-state index contributed by atoms with van der Waals surface area (Å²) in [6, 6.07) is 0. The van der Waals surface area contributed by atoms with E-state index in [2.05, 4.69) is 10.1 Å². The standard InChI is InChI=1S/C18H24N4OS/c1-21-13-14(11-20-21)16-19-12-15(24-16)17(23)22-9-7-18(8-10-22)5-3-2-4-6-18/h11-13H,2-10H2,1H3. The number of piperidine rings is 1. The Kier molecular flexibility index (Phi) is 4.16. The Morgan fingerprint density at radius 2 is 1.88 bits per heavy atom. The molecular weight excluding hydrogens is 320 g/mol. The Hall–Kier alpha value is -1.69. The van der Waals surface area contributed by atoms with Crippen LogP contribution in [0.1, 0.15) is 54.6 Å². The van der Waals surface area contributed by atoms with Crippen molar-refractivity contribution in [3.05, 3.63) is 23.5 Å². The minimum atomic E-state index is 0.147. The summed E-state index contributed by atoms with van der Waals surface area (Å²) < 4.78 is 1.76. The summed E-state index contributed by atoms with van der Waals surface area (Å²) in [5, 5.41) is 5.04. The fourth-order valence-corrected chi connectivity index (χ4v) is 5.04. The SMILES string of the molecule is Cn1cc(-c2ncc(C(=O)N3CCC4(CCCCC4)CC3)s2)cn1. The van der Waals surface area contributed by atoms with E-state index in [1.54, 1.807) is 17.1 Å². The quantitative estimate of drug-likeness (QED) is 0.834. The van der Waals surface area contributed by atoms with Crippen LogP contribution < -0.4 is 0 Å². The van der Waals surface area contributed by atoms with Crippen LogP contribution in [0.25, 0.3) is 10.6 Å². The van der Waals surface area contributed by atoms with Crippen molar-refractivity contribution in [2.45, 2.75) is 44.9 Å². The van der Waals surface area contributed by atoms with E-state index in [1.807, 2.05) is 18.1 Å². The van der Waals surface area contributed by atoms with E-state index in [0.717, 1.165) is 28.5 Å². The Morgan fingerprint density at radius 1 is 1.12 bits per heavy atom. The molecule has 4 rings (SSSR count). The van der Waals surface area contributed by atoms with E-state index in [1.165, 1.54) is 56.3 Å². The summed E-state index contributed by atoms with van der Waals surface area (Å²) >= 11 is 1.47. The normalized spacial score (nSPS) is 20.5. The first-order valence-electron chi connectivity index (χ1n) is 8.89. The number of thiazole rings is 1. The summed E-state index contributed by atoms with van der Waals surface area (Å²) in [6.07, 6.45) is 14.7. The van der Waals surface area contributed by atoms with E-state index >= 15 is 0 Å². The average Bonchev–Trinajstić information content (AvgIpc) is 3.25. The highest BCUT2D eigenvalue weighted by molar-refractivity contribution is 7.16. The molecule has 5 nitrogen and oxygen atoms in total. The molecule has 1 spiro atoms. The van der Waals surface area contributed by atoms with Crippen molar-refractivity contribution in [3.63, 3.8) is 0 Å². The molecule has 1 aliphatic heterocycles. The molecule has 2 fully saturated rings. The van der Waals surface area contributed by atoms with Gasteiger partial charge in [-0.1, -0.05) is 19.3 Å². The van der Waals surface area contributed by atoms with Crippen molar-refractivity contribution in [1.82, 2.24) is 19.7 Å². The van der Waals surface area contributed by atoms with Crippen LogP contribution in [0.5, 0.6) is 0 Å². The third kappa shape index (κ3) is 2.99. The second-order valence-corrected chi connectivity index (χ2v) is 8.32. The van der Waals surface area contributed by atoms with Crippen molar-refractivity contribution in [2.24, 2.45) is 12.5 Å². The number of likely N-dealkylation sites (tertiary alicyclic amines) is 1. The molecule has 2 aliphatic rings. The molecule has 24 heavy (non-hydrogen) atoms. The predicted molar refractivity (Wildman–Crippen MR) is 95.0 cm³/mol. The molecule has 1 aliphatic carbocycles. The molecule has 1 saturated heterocycles. The smallest absolute Gasteiger partial charge is 0.265 e. The zero-order valence-electron chi connectivity index (χ0n) is 14.2. The van der Waals surface area contributed by atoms with Gasteiger partial charge in [-0.15, -0.1) is 11.3 Å². The van der Waals surface area contributed by atoms with Crippen LogP contribution in [0.4, 0.5) is 0 Å². The number of carbonyl (C=O) groups is 1. The second kappa shape index (κ2) is 6.31. The molecule has 1 amide bonds. The summed E-state index contributed by atoms with van der Waals surface area (Å²) in [7, 11) is 1.89. The number of rotatable bonds is 2. The van der Waals surface area contributed by atoms with Crippen molar-refractivity contribution >= 4 is 17.2 Å². The van der Waals surface area contributed by atoms with Crippen molar-refractivity contribution in [3.8, 4) is 10.6 Å². The highest BCUT2D eigenvalue weighted by Crippen LogP contribution is 2.44. The number of aromatic nitrogens is 3. The molecule has 3 heterocycles. The van der Waals surface area contributed by atoms with Crippen molar-refractivity contribution < 1.29 is 4.79 Å². The van der Waals surface area contributed by atoms with Crippen LogP contribution in [-0.2, 0) is 7.05 Å². The van der Waals surface area contributed by atoms with Crippen molar-refractivity contribution in [2.75, 3.05) is 13.1 Å². The number of hydrogen-bond donors (Lipinski definition) is 0. The molecule has 0 aromatic carbocycles. The van der Waals surface area contributed by atoms with Crippen LogP contribution in [0, 0.1) is 5.41 Å².